The lowest BCUT2D eigenvalue weighted by atomic mass is 10.0. The molecule has 0 bridgehead atoms. The van der Waals surface area contributed by atoms with Gasteiger partial charge in [-0.05, 0) is 12.8 Å². The average Bonchev–Trinajstić information content (AvgIpc) is 3.10. The minimum atomic E-state index is -4.31. The van der Waals surface area contributed by atoms with Crippen LogP contribution in [0.5, 0.6) is 0 Å². The molecule has 0 heterocycles. The smallest absolute Gasteiger partial charge is 0.391 e. The van der Waals surface area contributed by atoms with Gasteiger partial charge < -0.3 is 19.8 Å². The van der Waals surface area contributed by atoms with Crippen LogP contribution in [0.15, 0.2) is 0 Å². The Morgan fingerprint density at radius 3 is 1.26 bits per heavy atom. The summed E-state index contributed by atoms with van der Waals surface area (Å²) in [5, 5.41) is 14.0. The first kappa shape index (κ1) is 52.5. The number of phosphoric ester groups is 1. The van der Waals surface area contributed by atoms with Crippen molar-refractivity contribution < 1.29 is 32.9 Å². The Morgan fingerprint density at radius 2 is 0.906 bits per heavy atom. The highest BCUT2D eigenvalue weighted by Crippen LogP contribution is 2.43. The minimum Gasteiger partial charge on any atom is -0.391 e. The monoisotopic (exact) mass is 776 g/mol. The lowest BCUT2D eigenvalue weighted by Crippen LogP contribution is -2.46. The molecule has 3 atom stereocenters. The molecule has 318 valence electrons. The van der Waals surface area contributed by atoms with Gasteiger partial charge in [0, 0.05) is 6.42 Å². The summed E-state index contributed by atoms with van der Waals surface area (Å²) in [6.45, 7) is 4.91. The molecule has 8 nitrogen and oxygen atoms in total. The summed E-state index contributed by atoms with van der Waals surface area (Å²) < 4.78 is 23.6. The molecule has 9 heteroatoms. The first-order valence-electron chi connectivity index (χ1n) is 22.9. The summed E-state index contributed by atoms with van der Waals surface area (Å²) in [6, 6.07) is -0.752. The zero-order chi connectivity index (χ0) is 39.3. The van der Waals surface area contributed by atoms with Crippen LogP contribution in [0.1, 0.15) is 226 Å². The molecule has 0 spiro atoms. The van der Waals surface area contributed by atoms with Crippen molar-refractivity contribution in [1.82, 2.24) is 5.32 Å². The van der Waals surface area contributed by atoms with E-state index in [1.165, 1.54) is 161 Å². The van der Waals surface area contributed by atoms with Crippen molar-refractivity contribution >= 4 is 13.7 Å². The highest BCUT2D eigenvalue weighted by molar-refractivity contribution is 7.47. The third kappa shape index (κ3) is 39.5. The summed E-state index contributed by atoms with van der Waals surface area (Å²) in [7, 11) is 1.63. The molecular weight excluding hydrogens is 683 g/mol. The van der Waals surface area contributed by atoms with Crippen LogP contribution in [0.3, 0.4) is 0 Å². The van der Waals surface area contributed by atoms with E-state index in [1.807, 2.05) is 21.1 Å². The van der Waals surface area contributed by atoms with Crippen LogP contribution in [0.2, 0.25) is 0 Å². The number of hydrogen-bond donors (Lipinski definition) is 3. The lowest BCUT2D eigenvalue weighted by Gasteiger charge is -2.26. The molecule has 1 unspecified atom stereocenters. The number of likely N-dealkylation sites (N-methyl/N-ethyl adjacent to an activating group) is 1. The number of carbonyl (C=O) groups excluding carboxylic acids is 1. The molecule has 0 aliphatic rings. The first-order valence-corrected chi connectivity index (χ1v) is 24.4. The summed E-state index contributed by atoms with van der Waals surface area (Å²) in [6.07, 6.45) is 39.8. The number of hydrogen-bond acceptors (Lipinski definition) is 5. The molecule has 0 fully saturated rings. The van der Waals surface area contributed by atoms with Gasteiger partial charge in [-0.2, -0.15) is 0 Å². The van der Waals surface area contributed by atoms with E-state index < -0.39 is 20.0 Å². The van der Waals surface area contributed by atoms with Gasteiger partial charge in [0.05, 0.1) is 39.9 Å². The second-order valence-corrected chi connectivity index (χ2v) is 18.6. The number of aliphatic hydroxyl groups is 1. The summed E-state index contributed by atoms with van der Waals surface area (Å²) >= 11 is 0. The maximum absolute atomic E-state index is 12.9. The largest absolute Gasteiger partial charge is 0.472 e. The molecule has 0 aliphatic carbocycles. The molecule has 0 saturated carbocycles. The summed E-state index contributed by atoms with van der Waals surface area (Å²) in [5.74, 6) is -0.141. The second-order valence-electron chi connectivity index (χ2n) is 17.1. The standard InChI is InChI=1S/C44H91N2O6P/c1-6-8-10-12-14-16-18-20-22-24-26-28-30-32-34-36-38-44(48)45-42(41-52-53(49,50)51-40-39-46(3,4)5)43(47)37-35-33-31-29-27-25-23-21-19-17-15-13-11-9-7-2/h42-43,47H,6-41H2,1-5H3,(H-,45,48,49,50)/p+1/t42-,43+/m0/s1. The number of nitrogens with zero attached hydrogens (tertiary/aromatic N) is 1. The van der Waals surface area contributed by atoms with Gasteiger partial charge in [0.25, 0.3) is 0 Å². The predicted molar refractivity (Wildman–Crippen MR) is 226 cm³/mol. The van der Waals surface area contributed by atoms with E-state index in [-0.39, 0.29) is 19.1 Å². The quantitative estimate of drug-likeness (QED) is 0.0324. The SMILES string of the molecule is CCCCCCCCCCCCCCCCCCC(=O)N[C@@H](COP(=O)(O)OCC[N+](C)(C)C)[C@H](O)CCCCCCCCCCCCCCCCC. The molecule has 3 N–H and O–H groups in total. The van der Waals surface area contributed by atoms with Gasteiger partial charge in [0.2, 0.25) is 5.91 Å². The molecule has 53 heavy (non-hydrogen) atoms. The first-order chi connectivity index (χ1) is 25.5. The van der Waals surface area contributed by atoms with Crippen molar-refractivity contribution in [1.29, 1.82) is 0 Å². The highest BCUT2D eigenvalue weighted by atomic mass is 31.2. The van der Waals surface area contributed by atoms with Crippen LogP contribution >= 0.6 is 7.82 Å². The van der Waals surface area contributed by atoms with Gasteiger partial charge >= 0.3 is 7.82 Å². The van der Waals surface area contributed by atoms with Crippen molar-refractivity contribution in [3.63, 3.8) is 0 Å². The van der Waals surface area contributed by atoms with Crippen molar-refractivity contribution in [2.45, 2.75) is 238 Å². The Morgan fingerprint density at radius 1 is 0.566 bits per heavy atom. The van der Waals surface area contributed by atoms with Crippen LogP contribution in [-0.2, 0) is 18.4 Å². The molecule has 0 aliphatic heterocycles. The Kier molecular flexibility index (Phi) is 36.7. The zero-order valence-electron chi connectivity index (χ0n) is 36.0. The van der Waals surface area contributed by atoms with E-state index in [0.717, 1.165) is 38.5 Å². The lowest BCUT2D eigenvalue weighted by molar-refractivity contribution is -0.870. The Balaban J connectivity index is 4.32. The zero-order valence-corrected chi connectivity index (χ0v) is 36.9. The fraction of sp³-hybridized carbons (Fsp3) is 0.977. The summed E-state index contributed by atoms with van der Waals surface area (Å²) in [5.41, 5.74) is 0. The number of phosphoric acid groups is 1. The third-order valence-electron chi connectivity index (χ3n) is 10.6. The molecule has 1 amide bonds. The fourth-order valence-corrected chi connectivity index (χ4v) is 7.67. The van der Waals surface area contributed by atoms with Gasteiger partial charge in [-0.1, -0.05) is 206 Å². The number of carbonyl (C=O) groups is 1. The van der Waals surface area contributed by atoms with Gasteiger partial charge in [-0.15, -0.1) is 0 Å². The second kappa shape index (κ2) is 37.1. The van der Waals surface area contributed by atoms with Gasteiger partial charge in [-0.25, -0.2) is 4.57 Å². The maximum atomic E-state index is 12.9. The predicted octanol–water partition coefficient (Wildman–Crippen LogP) is 12.6. The summed E-state index contributed by atoms with van der Waals surface area (Å²) in [4.78, 5) is 23.1. The van der Waals surface area contributed by atoms with Crippen molar-refractivity contribution in [3.05, 3.63) is 0 Å². The maximum Gasteiger partial charge on any atom is 0.472 e. The molecular formula is C44H92N2O6P+. The van der Waals surface area contributed by atoms with Crippen LogP contribution in [0.25, 0.3) is 0 Å². The molecule has 0 saturated heterocycles. The number of amides is 1. The molecule has 0 radical (unpaired) electrons. The highest BCUT2D eigenvalue weighted by Gasteiger charge is 2.28. The van der Waals surface area contributed by atoms with Crippen LogP contribution in [-0.4, -0.2) is 73.4 Å². The minimum absolute atomic E-state index is 0.0786. The molecule has 0 aromatic heterocycles. The Hall–Kier alpha value is -0.500. The van der Waals surface area contributed by atoms with E-state index in [0.29, 0.717) is 23.9 Å². The topological polar surface area (TPSA) is 105 Å². The fourth-order valence-electron chi connectivity index (χ4n) is 6.93. The Bertz CT molecular complexity index is 839. The van der Waals surface area contributed by atoms with E-state index in [1.54, 1.807) is 0 Å². The van der Waals surface area contributed by atoms with E-state index >= 15 is 0 Å². The number of rotatable bonds is 42. The number of unbranched alkanes of at least 4 members (excludes halogenated alkanes) is 29. The van der Waals surface area contributed by atoms with Crippen LogP contribution in [0, 0.1) is 0 Å². The van der Waals surface area contributed by atoms with Crippen molar-refractivity contribution in [2.75, 3.05) is 40.9 Å². The number of nitrogens with one attached hydrogen (secondary N) is 1. The van der Waals surface area contributed by atoms with Crippen molar-refractivity contribution in [2.24, 2.45) is 0 Å². The number of quaternary nitrogens is 1. The normalized spacial score (nSPS) is 14.3. The van der Waals surface area contributed by atoms with E-state index in [2.05, 4.69) is 19.2 Å². The van der Waals surface area contributed by atoms with Crippen LogP contribution in [0.4, 0.5) is 0 Å². The van der Waals surface area contributed by atoms with Gasteiger partial charge in [0.15, 0.2) is 0 Å². The van der Waals surface area contributed by atoms with E-state index in [9.17, 15) is 19.4 Å². The molecule has 0 aromatic carbocycles. The van der Waals surface area contributed by atoms with E-state index in [4.69, 9.17) is 9.05 Å². The Labute approximate surface area is 329 Å². The van der Waals surface area contributed by atoms with Gasteiger partial charge in [-0.3, -0.25) is 13.8 Å². The van der Waals surface area contributed by atoms with Crippen LogP contribution < -0.4 is 5.32 Å². The van der Waals surface area contributed by atoms with Crippen molar-refractivity contribution in [3.8, 4) is 0 Å². The number of aliphatic hydroxyl groups excluding tert-OH is 1. The molecule has 0 rings (SSSR count). The third-order valence-corrected chi connectivity index (χ3v) is 11.6. The van der Waals surface area contributed by atoms with Gasteiger partial charge in [0.1, 0.15) is 13.2 Å². The average molecular weight is 776 g/mol. The molecule has 0 aromatic rings.